The van der Waals surface area contributed by atoms with Gasteiger partial charge in [-0.3, -0.25) is 0 Å². The van der Waals surface area contributed by atoms with E-state index < -0.39 is 0 Å². The first kappa shape index (κ1) is 12.9. The lowest BCUT2D eigenvalue weighted by Crippen LogP contribution is -2.38. The van der Waals surface area contributed by atoms with Crippen molar-refractivity contribution in [2.24, 2.45) is 5.41 Å². The normalized spacial score (nSPS) is 24.3. The second-order valence-electron chi connectivity index (χ2n) is 6.12. The number of ether oxygens (including phenoxy) is 2. The summed E-state index contributed by atoms with van der Waals surface area (Å²) in [5.41, 5.74) is 1.25. The lowest BCUT2D eigenvalue weighted by molar-refractivity contribution is 0.174. The van der Waals surface area contributed by atoms with Gasteiger partial charge in [0, 0.05) is 18.2 Å². The monoisotopic (exact) mass is 281 g/mol. The second-order valence-corrected chi connectivity index (χ2v) is 6.52. The summed E-state index contributed by atoms with van der Waals surface area (Å²) in [6.07, 6.45) is 5.05. The molecule has 104 valence electrons. The molecule has 1 heterocycles. The highest BCUT2D eigenvalue weighted by atomic mass is 35.5. The summed E-state index contributed by atoms with van der Waals surface area (Å²) in [7, 11) is 0. The molecular weight excluding hydrogens is 262 g/mol. The van der Waals surface area contributed by atoms with Gasteiger partial charge >= 0.3 is 0 Å². The summed E-state index contributed by atoms with van der Waals surface area (Å²) in [6.45, 7) is 4.93. The minimum atomic E-state index is 0.282. The first-order valence-corrected chi connectivity index (χ1v) is 7.30. The van der Waals surface area contributed by atoms with Crippen LogP contribution in [0.15, 0.2) is 12.1 Å². The van der Waals surface area contributed by atoms with Crippen molar-refractivity contribution in [3.8, 4) is 11.5 Å². The fourth-order valence-corrected chi connectivity index (χ4v) is 3.19. The zero-order valence-electron chi connectivity index (χ0n) is 11.5. The van der Waals surface area contributed by atoms with Gasteiger partial charge in [-0.1, -0.05) is 38.3 Å². The lowest BCUT2D eigenvalue weighted by Gasteiger charge is -2.39. The van der Waals surface area contributed by atoms with Gasteiger partial charge in [-0.15, -0.1) is 0 Å². The van der Waals surface area contributed by atoms with Crippen LogP contribution in [0, 0.1) is 5.41 Å². The number of halogens is 1. The van der Waals surface area contributed by atoms with Gasteiger partial charge in [0.25, 0.3) is 0 Å². The Morgan fingerprint density at radius 2 is 1.95 bits per heavy atom. The van der Waals surface area contributed by atoms with E-state index in [4.69, 9.17) is 21.1 Å². The number of rotatable bonds is 2. The van der Waals surface area contributed by atoms with Crippen LogP contribution in [-0.4, -0.2) is 12.8 Å². The van der Waals surface area contributed by atoms with Crippen molar-refractivity contribution in [2.45, 2.75) is 45.6 Å². The van der Waals surface area contributed by atoms with E-state index in [1.54, 1.807) is 0 Å². The molecule has 1 N–H and O–H groups in total. The van der Waals surface area contributed by atoms with E-state index in [0.29, 0.717) is 16.5 Å². The molecule has 1 unspecified atom stereocenters. The molecule has 2 aliphatic rings. The van der Waals surface area contributed by atoms with E-state index in [1.165, 1.54) is 25.7 Å². The Balaban J connectivity index is 1.83. The molecule has 4 heteroatoms. The van der Waals surface area contributed by atoms with E-state index in [2.05, 4.69) is 19.2 Å². The number of hydrogen-bond acceptors (Lipinski definition) is 3. The van der Waals surface area contributed by atoms with Gasteiger partial charge in [-0.05, 0) is 18.3 Å². The molecule has 1 saturated carbocycles. The summed E-state index contributed by atoms with van der Waals surface area (Å²) >= 11 is 6.32. The molecule has 0 radical (unpaired) electrons. The van der Waals surface area contributed by atoms with Crippen LogP contribution in [-0.2, 0) is 0 Å². The maximum atomic E-state index is 6.32. The molecule has 0 amide bonds. The standard InChI is InChI=1S/C15H20ClNO2/c1-15(2)6-4-3-5-14(15)17-11-8-13-12(7-10(11)16)18-9-19-13/h7-8,14,17H,3-6,9H2,1-2H3. The highest BCUT2D eigenvalue weighted by Gasteiger charge is 2.32. The van der Waals surface area contributed by atoms with Crippen molar-refractivity contribution in [2.75, 3.05) is 12.1 Å². The SMILES string of the molecule is CC1(C)CCCCC1Nc1cc2c(cc1Cl)OCO2. The third-order valence-electron chi connectivity index (χ3n) is 4.30. The molecule has 0 bridgehead atoms. The minimum Gasteiger partial charge on any atom is -0.454 e. The average Bonchev–Trinajstić information content (AvgIpc) is 2.79. The Morgan fingerprint density at radius 3 is 2.68 bits per heavy atom. The Kier molecular flexibility index (Phi) is 3.25. The Hall–Kier alpha value is -1.09. The van der Waals surface area contributed by atoms with E-state index in [1.807, 2.05) is 12.1 Å². The quantitative estimate of drug-likeness (QED) is 0.869. The van der Waals surface area contributed by atoms with E-state index in [9.17, 15) is 0 Å². The molecule has 3 rings (SSSR count). The van der Waals surface area contributed by atoms with Gasteiger partial charge in [0.2, 0.25) is 6.79 Å². The molecule has 0 saturated heterocycles. The molecule has 1 aliphatic carbocycles. The van der Waals surface area contributed by atoms with E-state index >= 15 is 0 Å². The van der Waals surface area contributed by atoms with Crippen molar-refractivity contribution in [1.82, 2.24) is 0 Å². The fraction of sp³-hybridized carbons (Fsp3) is 0.600. The third kappa shape index (κ3) is 2.48. The number of nitrogens with one attached hydrogen (secondary N) is 1. The molecule has 1 aliphatic heterocycles. The van der Waals surface area contributed by atoms with E-state index in [0.717, 1.165) is 17.2 Å². The molecule has 3 nitrogen and oxygen atoms in total. The molecule has 1 atom stereocenters. The fourth-order valence-electron chi connectivity index (χ4n) is 2.98. The second kappa shape index (κ2) is 4.78. The van der Waals surface area contributed by atoms with Crippen LogP contribution >= 0.6 is 11.6 Å². The molecule has 1 aromatic rings. The summed E-state index contributed by atoms with van der Waals surface area (Å²) in [5, 5.41) is 4.30. The Bertz CT molecular complexity index is 487. The van der Waals surface area contributed by atoms with Crippen molar-refractivity contribution >= 4 is 17.3 Å². The lowest BCUT2D eigenvalue weighted by atomic mass is 9.73. The molecule has 19 heavy (non-hydrogen) atoms. The number of fused-ring (bicyclic) bond motifs is 1. The third-order valence-corrected chi connectivity index (χ3v) is 4.61. The number of benzene rings is 1. The maximum Gasteiger partial charge on any atom is 0.231 e. The summed E-state index contributed by atoms with van der Waals surface area (Å²) < 4.78 is 10.7. The van der Waals surface area contributed by atoms with Crippen molar-refractivity contribution in [3.05, 3.63) is 17.2 Å². The van der Waals surface area contributed by atoms with Crippen LogP contribution in [0.3, 0.4) is 0 Å². The molecule has 1 fully saturated rings. The number of anilines is 1. The number of hydrogen-bond donors (Lipinski definition) is 1. The Morgan fingerprint density at radius 1 is 1.21 bits per heavy atom. The van der Waals surface area contributed by atoms with Gasteiger partial charge in [0.1, 0.15) is 0 Å². The first-order valence-electron chi connectivity index (χ1n) is 6.92. The van der Waals surface area contributed by atoms with Gasteiger partial charge in [-0.2, -0.15) is 0 Å². The van der Waals surface area contributed by atoms with Crippen LogP contribution < -0.4 is 14.8 Å². The molecule has 0 aromatic heterocycles. The topological polar surface area (TPSA) is 30.5 Å². The van der Waals surface area contributed by atoms with Crippen LogP contribution in [0.1, 0.15) is 39.5 Å². The summed E-state index contributed by atoms with van der Waals surface area (Å²) in [6, 6.07) is 4.25. The van der Waals surface area contributed by atoms with Gasteiger partial charge in [-0.25, -0.2) is 0 Å². The van der Waals surface area contributed by atoms with Crippen molar-refractivity contribution in [3.63, 3.8) is 0 Å². The molecule has 0 spiro atoms. The van der Waals surface area contributed by atoms with Crippen molar-refractivity contribution < 1.29 is 9.47 Å². The summed E-state index contributed by atoms with van der Waals surface area (Å²) in [5.74, 6) is 1.51. The van der Waals surface area contributed by atoms with Gasteiger partial charge < -0.3 is 14.8 Å². The maximum absolute atomic E-state index is 6.32. The van der Waals surface area contributed by atoms with Crippen LogP contribution in [0.25, 0.3) is 0 Å². The molecule has 1 aromatic carbocycles. The van der Waals surface area contributed by atoms with Gasteiger partial charge in [0.15, 0.2) is 11.5 Å². The van der Waals surface area contributed by atoms with Crippen LogP contribution in [0.4, 0.5) is 5.69 Å². The molecular formula is C15H20ClNO2. The highest BCUT2D eigenvalue weighted by Crippen LogP contribution is 2.42. The first-order chi connectivity index (χ1) is 9.06. The predicted octanol–water partition coefficient (Wildman–Crippen LogP) is 4.45. The van der Waals surface area contributed by atoms with Gasteiger partial charge in [0.05, 0.1) is 10.7 Å². The smallest absolute Gasteiger partial charge is 0.231 e. The highest BCUT2D eigenvalue weighted by molar-refractivity contribution is 6.33. The van der Waals surface area contributed by atoms with Crippen LogP contribution in [0.5, 0.6) is 11.5 Å². The zero-order valence-corrected chi connectivity index (χ0v) is 12.2. The Labute approximate surface area is 119 Å². The zero-order chi connectivity index (χ0) is 13.5. The average molecular weight is 282 g/mol. The van der Waals surface area contributed by atoms with E-state index in [-0.39, 0.29) is 6.79 Å². The summed E-state index contributed by atoms with van der Waals surface area (Å²) in [4.78, 5) is 0. The predicted molar refractivity (Wildman–Crippen MR) is 77.2 cm³/mol. The van der Waals surface area contributed by atoms with Crippen LogP contribution in [0.2, 0.25) is 5.02 Å². The largest absolute Gasteiger partial charge is 0.454 e. The van der Waals surface area contributed by atoms with Crippen molar-refractivity contribution in [1.29, 1.82) is 0 Å². The minimum absolute atomic E-state index is 0.282.